The Morgan fingerprint density at radius 2 is 1.98 bits per heavy atom. The smallest absolute Gasteiger partial charge is 0.352 e. The van der Waals surface area contributed by atoms with E-state index in [-0.39, 0.29) is 5.82 Å². The number of rotatable bonds is 7. The summed E-state index contributed by atoms with van der Waals surface area (Å²) in [5.74, 6) is -0.513. The van der Waals surface area contributed by atoms with Crippen molar-refractivity contribution in [2.75, 3.05) is 13.2 Å². The number of nitrogens with zero attached hydrogens (tertiary/aromatic N) is 3. The zero-order chi connectivity index (χ0) is 28.5. The fourth-order valence-corrected chi connectivity index (χ4v) is 6.27. The van der Waals surface area contributed by atoms with Gasteiger partial charge in [0.2, 0.25) is 0 Å². The van der Waals surface area contributed by atoms with Gasteiger partial charge in [-0.3, -0.25) is 4.68 Å². The van der Waals surface area contributed by atoms with E-state index >= 15 is 0 Å². The van der Waals surface area contributed by atoms with Crippen molar-refractivity contribution in [2.24, 2.45) is 7.05 Å². The van der Waals surface area contributed by atoms with E-state index in [9.17, 15) is 14.3 Å². The fourth-order valence-electron chi connectivity index (χ4n) is 6.27. The summed E-state index contributed by atoms with van der Waals surface area (Å²) in [4.78, 5) is 12.8. The standard InChI is InChI=1S/C33H34FN3O4/c1-3-28-30-26-11-7-10-24-25(12-8-18-41-29-13-6-9-21-19-22(34)14-15-23(21)29)32(33(38)39)37(31(24)26)16-4-5-17-40-20-27(30)35-36(28)2/h6-7,9-11,13-15,19H,3-5,8,12,16-18,20H2,1-2H3,(H,38,39). The zero-order valence-corrected chi connectivity index (χ0v) is 23.5. The zero-order valence-electron chi connectivity index (χ0n) is 23.5. The van der Waals surface area contributed by atoms with Crippen LogP contribution < -0.4 is 4.74 Å². The van der Waals surface area contributed by atoms with Gasteiger partial charge < -0.3 is 19.1 Å². The first-order valence-corrected chi connectivity index (χ1v) is 14.3. The predicted molar refractivity (Wildman–Crippen MR) is 157 cm³/mol. The van der Waals surface area contributed by atoms with E-state index in [4.69, 9.17) is 14.6 Å². The maximum Gasteiger partial charge on any atom is 0.352 e. The summed E-state index contributed by atoms with van der Waals surface area (Å²) in [7, 11) is 1.96. The average Bonchev–Trinajstić information content (AvgIpc) is 3.45. The number of carboxylic acid groups (broad SMARTS) is 1. The normalized spacial score (nSPS) is 13.7. The van der Waals surface area contributed by atoms with Gasteiger partial charge >= 0.3 is 5.97 Å². The van der Waals surface area contributed by atoms with Crippen molar-refractivity contribution in [2.45, 2.75) is 52.2 Å². The Labute approximate surface area is 238 Å². The molecule has 7 nitrogen and oxygen atoms in total. The minimum absolute atomic E-state index is 0.283. The highest BCUT2D eigenvalue weighted by Crippen LogP contribution is 2.39. The lowest BCUT2D eigenvalue weighted by atomic mass is 9.97. The summed E-state index contributed by atoms with van der Waals surface area (Å²) in [6.07, 6.45) is 3.63. The van der Waals surface area contributed by atoms with Crippen LogP contribution >= 0.6 is 0 Å². The molecule has 3 aromatic carbocycles. The van der Waals surface area contributed by atoms with Crippen LogP contribution in [0.25, 0.3) is 32.8 Å². The van der Waals surface area contributed by atoms with E-state index < -0.39 is 5.97 Å². The second-order valence-corrected chi connectivity index (χ2v) is 10.6. The van der Waals surface area contributed by atoms with Crippen LogP contribution in [0.5, 0.6) is 5.75 Å². The van der Waals surface area contributed by atoms with Gasteiger partial charge in [-0.05, 0) is 67.3 Å². The highest BCUT2D eigenvalue weighted by Gasteiger charge is 2.27. The van der Waals surface area contributed by atoms with Crippen LogP contribution in [-0.2, 0) is 37.8 Å². The molecule has 2 aromatic heterocycles. The summed E-state index contributed by atoms with van der Waals surface area (Å²) in [5.41, 5.74) is 6.15. The van der Waals surface area contributed by atoms with Gasteiger partial charge in [-0.1, -0.05) is 37.3 Å². The molecule has 0 radical (unpaired) electrons. The Balaban J connectivity index is 1.39. The van der Waals surface area contributed by atoms with Gasteiger partial charge in [0.15, 0.2) is 0 Å². The molecular formula is C33H34FN3O4. The molecule has 1 aliphatic rings. The molecule has 0 saturated heterocycles. The minimum atomic E-state index is -0.924. The first-order valence-electron chi connectivity index (χ1n) is 14.3. The number of hydrogen-bond acceptors (Lipinski definition) is 4. The van der Waals surface area contributed by atoms with Crippen LogP contribution in [0.1, 0.15) is 53.6 Å². The Morgan fingerprint density at radius 3 is 2.80 bits per heavy atom. The van der Waals surface area contributed by atoms with Crippen molar-refractivity contribution < 1.29 is 23.8 Å². The highest BCUT2D eigenvalue weighted by molar-refractivity contribution is 6.04. The summed E-state index contributed by atoms with van der Waals surface area (Å²) in [6.45, 7) is 4.15. The molecule has 0 fully saturated rings. The molecule has 3 heterocycles. The average molecular weight is 556 g/mol. The van der Waals surface area contributed by atoms with E-state index in [2.05, 4.69) is 13.0 Å². The van der Waals surface area contributed by atoms with Crippen molar-refractivity contribution in [3.63, 3.8) is 0 Å². The quantitative estimate of drug-likeness (QED) is 0.221. The summed E-state index contributed by atoms with van der Waals surface area (Å²) >= 11 is 0. The first-order chi connectivity index (χ1) is 20.0. The van der Waals surface area contributed by atoms with Crippen molar-refractivity contribution >= 4 is 27.6 Å². The molecule has 8 heteroatoms. The third kappa shape index (κ3) is 4.97. The van der Waals surface area contributed by atoms with Crippen molar-refractivity contribution in [1.29, 1.82) is 0 Å². The molecule has 0 spiro atoms. The second kappa shape index (κ2) is 11.4. The Morgan fingerprint density at radius 1 is 1.12 bits per heavy atom. The lowest BCUT2D eigenvalue weighted by Gasteiger charge is -2.12. The highest BCUT2D eigenvalue weighted by atomic mass is 19.1. The molecule has 1 N–H and O–H groups in total. The molecule has 0 amide bonds. The molecule has 0 bridgehead atoms. The van der Waals surface area contributed by atoms with Crippen molar-refractivity contribution in [3.05, 3.63) is 83.1 Å². The van der Waals surface area contributed by atoms with E-state index in [1.807, 2.05) is 46.6 Å². The number of fused-ring (bicyclic) bond motifs is 3. The molecular weight excluding hydrogens is 521 g/mol. The Hall–Kier alpha value is -4.17. The first kappa shape index (κ1) is 27.0. The van der Waals surface area contributed by atoms with Crippen LogP contribution in [0.3, 0.4) is 0 Å². The van der Waals surface area contributed by atoms with E-state index in [1.165, 1.54) is 12.1 Å². The molecule has 0 saturated carbocycles. The SMILES string of the molecule is CCc1c2c(nn1C)COCCCCn1c(C(=O)O)c(CCCOc3cccc4cc(F)ccc34)c3cccc-2c31. The molecule has 0 atom stereocenters. The molecule has 1 aliphatic heterocycles. The van der Waals surface area contributed by atoms with Gasteiger partial charge in [0.05, 0.1) is 24.4 Å². The number of carboxylic acids is 1. The van der Waals surface area contributed by atoms with Gasteiger partial charge in [0.1, 0.15) is 17.3 Å². The van der Waals surface area contributed by atoms with Crippen LogP contribution in [0, 0.1) is 5.82 Å². The summed E-state index contributed by atoms with van der Waals surface area (Å²) < 4.78 is 29.7. The van der Waals surface area contributed by atoms with E-state index in [1.54, 1.807) is 6.07 Å². The topological polar surface area (TPSA) is 78.5 Å². The number of hydrogen-bond donors (Lipinski definition) is 1. The third-order valence-electron chi connectivity index (χ3n) is 8.02. The lowest BCUT2D eigenvalue weighted by molar-refractivity contribution is 0.0683. The number of benzene rings is 3. The van der Waals surface area contributed by atoms with Gasteiger partial charge in [-0.2, -0.15) is 5.10 Å². The molecule has 5 aromatic rings. The van der Waals surface area contributed by atoms with Crippen molar-refractivity contribution in [3.8, 4) is 16.9 Å². The number of aromatic nitrogens is 3. The number of carbonyl (C=O) groups is 1. The number of para-hydroxylation sites is 1. The minimum Gasteiger partial charge on any atom is -0.493 e. The van der Waals surface area contributed by atoms with E-state index in [0.717, 1.165) is 69.0 Å². The van der Waals surface area contributed by atoms with Crippen LogP contribution in [0.15, 0.2) is 54.6 Å². The number of halogens is 1. The molecule has 0 aliphatic carbocycles. The fraction of sp³-hybridized carbons (Fsp3) is 0.333. The maximum absolute atomic E-state index is 13.7. The maximum atomic E-state index is 13.7. The van der Waals surface area contributed by atoms with Crippen LogP contribution in [0.4, 0.5) is 4.39 Å². The Kier molecular flexibility index (Phi) is 7.49. The molecule has 41 heavy (non-hydrogen) atoms. The molecule has 212 valence electrons. The summed E-state index contributed by atoms with van der Waals surface area (Å²) in [5, 5.41) is 17.9. The monoisotopic (exact) mass is 555 g/mol. The number of ether oxygens (including phenoxy) is 2. The predicted octanol–water partition coefficient (Wildman–Crippen LogP) is 6.92. The van der Waals surface area contributed by atoms with Gasteiger partial charge in [-0.25, -0.2) is 9.18 Å². The van der Waals surface area contributed by atoms with Crippen LogP contribution in [0.2, 0.25) is 0 Å². The molecule has 6 rings (SSSR count). The van der Waals surface area contributed by atoms with Gasteiger partial charge in [0, 0.05) is 47.8 Å². The van der Waals surface area contributed by atoms with Crippen LogP contribution in [-0.4, -0.2) is 38.6 Å². The third-order valence-corrected chi connectivity index (χ3v) is 8.02. The van der Waals surface area contributed by atoms with E-state index in [0.29, 0.717) is 50.7 Å². The Bertz CT molecular complexity index is 1750. The lowest BCUT2D eigenvalue weighted by Crippen LogP contribution is -2.12. The van der Waals surface area contributed by atoms with Crippen molar-refractivity contribution in [1.82, 2.24) is 14.3 Å². The second-order valence-electron chi connectivity index (χ2n) is 10.6. The number of aryl methyl sites for hydroxylation is 3. The molecule has 0 unspecified atom stereocenters. The largest absolute Gasteiger partial charge is 0.493 e. The number of aromatic carboxylic acids is 1. The summed E-state index contributed by atoms with van der Waals surface area (Å²) in [6, 6.07) is 16.4. The van der Waals surface area contributed by atoms with Gasteiger partial charge in [0.25, 0.3) is 0 Å². The van der Waals surface area contributed by atoms with Gasteiger partial charge in [-0.15, -0.1) is 0 Å².